The lowest BCUT2D eigenvalue weighted by Gasteiger charge is -2.09. The average Bonchev–Trinajstić information content (AvgIpc) is 1.63. The third kappa shape index (κ3) is 5.50. The summed E-state index contributed by atoms with van der Waals surface area (Å²) in [5.41, 5.74) is 5.55. The van der Waals surface area contributed by atoms with E-state index < -0.39 is 0 Å². The summed E-state index contributed by atoms with van der Waals surface area (Å²) in [6.07, 6.45) is 2.32. The molecule has 0 aliphatic rings. The maximum absolute atomic E-state index is 9.92. The number of hydrogen-bond donors (Lipinski definition) is 1. The van der Waals surface area contributed by atoms with Gasteiger partial charge >= 0.3 is 0 Å². The molecule has 0 heterocycles. The minimum absolute atomic E-state index is 0.0718. The van der Waals surface area contributed by atoms with Crippen LogP contribution in [-0.4, -0.2) is 12.3 Å². The minimum atomic E-state index is 0.0718. The molecule has 0 radical (unpaired) electrons. The SMILES string of the molecule is CC(C)C[C@H](N)CC=O. The highest BCUT2D eigenvalue weighted by atomic mass is 16.1. The Hall–Kier alpha value is -0.370. The Bertz CT molecular complexity index is 81.0. The van der Waals surface area contributed by atoms with Crippen molar-refractivity contribution >= 4 is 6.29 Å². The molecule has 0 aliphatic carbocycles. The van der Waals surface area contributed by atoms with Crippen molar-refractivity contribution in [2.24, 2.45) is 11.7 Å². The van der Waals surface area contributed by atoms with Crippen molar-refractivity contribution in [3.05, 3.63) is 0 Å². The van der Waals surface area contributed by atoms with Crippen LogP contribution in [0.4, 0.5) is 0 Å². The summed E-state index contributed by atoms with van der Waals surface area (Å²) in [6, 6.07) is 0.0718. The Morgan fingerprint density at radius 3 is 2.44 bits per heavy atom. The van der Waals surface area contributed by atoms with Gasteiger partial charge in [0.05, 0.1) is 0 Å². The van der Waals surface area contributed by atoms with Gasteiger partial charge in [-0.25, -0.2) is 0 Å². The lowest BCUT2D eigenvalue weighted by molar-refractivity contribution is -0.108. The molecule has 0 aliphatic heterocycles. The predicted octanol–water partition coefficient (Wildman–Crippen LogP) is 0.949. The normalized spacial score (nSPS) is 13.8. The molecule has 0 saturated carbocycles. The molecular weight excluding hydrogens is 114 g/mol. The molecule has 9 heavy (non-hydrogen) atoms. The van der Waals surface area contributed by atoms with Gasteiger partial charge in [0.15, 0.2) is 0 Å². The zero-order valence-electron chi connectivity index (χ0n) is 6.13. The first-order valence-corrected chi connectivity index (χ1v) is 3.36. The van der Waals surface area contributed by atoms with Crippen molar-refractivity contribution in [3.63, 3.8) is 0 Å². The summed E-state index contributed by atoms with van der Waals surface area (Å²) in [6.45, 7) is 4.20. The first-order valence-electron chi connectivity index (χ1n) is 3.36. The van der Waals surface area contributed by atoms with Crippen LogP contribution < -0.4 is 5.73 Å². The molecule has 2 N–H and O–H groups in total. The van der Waals surface area contributed by atoms with Crippen LogP contribution >= 0.6 is 0 Å². The van der Waals surface area contributed by atoms with E-state index in [2.05, 4.69) is 13.8 Å². The van der Waals surface area contributed by atoms with Crippen molar-refractivity contribution in [1.29, 1.82) is 0 Å². The monoisotopic (exact) mass is 129 g/mol. The van der Waals surface area contributed by atoms with Gasteiger partial charge in [0.25, 0.3) is 0 Å². The molecule has 0 aromatic heterocycles. The van der Waals surface area contributed by atoms with Crippen molar-refractivity contribution in [2.45, 2.75) is 32.7 Å². The first-order chi connectivity index (χ1) is 4.16. The van der Waals surface area contributed by atoms with Crippen molar-refractivity contribution < 1.29 is 4.79 Å². The molecule has 54 valence electrons. The molecule has 0 bridgehead atoms. The Balaban J connectivity index is 3.25. The predicted molar refractivity (Wildman–Crippen MR) is 38.1 cm³/mol. The molecule has 0 aromatic rings. The van der Waals surface area contributed by atoms with Crippen molar-refractivity contribution in [2.75, 3.05) is 0 Å². The number of carbonyl (C=O) groups is 1. The molecule has 0 spiro atoms. The van der Waals surface area contributed by atoms with Gasteiger partial charge in [-0.2, -0.15) is 0 Å². The fourth-order valence-electron chi connectivity index (χ4n) is 0.825. The number of hydrogen-bond acceptors (Lipinski definition) is 2. The van der Waals surface area contributed by atoms with E-state index in [4.69, 9.17) is 5.73 Å². The smallest absolute Gasteiger partial charge is 0.121 e. The summed E-state index contributed by atoms with van der Waals surface area (Å²) in [5, 5.41) is 0. The first kappa shape index (κ1) is 8.63. The second kappa shape index (κ2) is 4.50. The molecule has 1 atom stereocenters. The number of rotatable bonds is 4. The van der Waals surface area contributed by atoms with Gasteiger partial charge in [0, 0.05) is 12.5 Å². The molecule has 0 saturated heterocycles. The van der Waals surface area contributed by atoms with Crippen LogP contribution in [0.2, 0.25) is 0 Å². The molecule has 2 nitrogen and oxygen atoms in total. The van der Waals surface area contributed by atoms with E-state index in [1.165, 1.54) is 0 Å². The summed E-state index contributed by atoms with van der Waals surface area (Å²) < 4.78 is 0. The van der Waals surface area contributed by atoms with E-state index in [0.717, 1.165) is 12.7 Å². The lowest BCUT2D eigenvalue weighted by Crippen LogP contribution is -2.22. The third-order valence-electron chi connectivity index (χ3n) is 1.17. The quantitative estimate of drug-likeness (QED) is 0.574. The van der Waals surface area contributed by atoms with Gasteiger partial charge < -0.3 is 10.5 Å². The maximum atomic E-state index is 9.92. The molecule has 0 unspecified atom stereocenters. The Morgan fingerprint density at radius 1 is 1.56 bits per heavy atom. The van der Waals surface area contributed by atoms with E-state index in [1.54, 1.807) is 0 Å². The van der Waals surface area contributed by atoms with Crippen LogP contribution in [0.25, 0.3) is 0 Å². The minimum Gasteiger partial charge on any atom is -0.327 e. The fourth-order valence-corrected chi connectivity index (χ4v) is 0.825. The van der Waals surface area contributed by atoms with Gasteiger partial charge in [-0.3, -0.25) is 0 Å². The summed E-state index contributed by atoms with van der Waals surface area (Å²) in [7, 11) is 0. The Labute approximate surface area is 56.4 Å². The molecule has 0 amide bonds. The zero-order valence-corrected chi connectivity index (χ0v) is 6.13. The second-order valence-electron chi connectivity index (χ2n) is 2.79. The third-order valence-corrected chi connectivity index (χ3v) is 1.17. The molecule has 2 heteroatoms. The van der Waals surface area contributed by atoms with E-state index in [-0.39, 0.29) is 6.04 Å². The molecule has 0 fully saturated rings. The van der Waals surface area contributed by atoms with E-state index in [1.807, 2.05) is 0 Å². The van der Waals surface area contributed by atoms with Gasteiger partial charge in [0.2, 0.25) is 0 Å². The Kier molecular flexibility index (Phi) is 4.32. The van der Waals surface area contributed by atoms with Crippen LogP contribution in [0.3, 0.4) is 0 Å². The average molecular weight is 129 g/mol. The number of nitrogens with two attached hydrogens (primary N) is 1. The van der Waals surface area contributed by atoms with Crippen LogP contribution in [0.1, 0.15) is 26.7 Å². The van der Waals surface area contributed by atoms with Crippen LogP contribution in [-0.2, 0) is 4.79 Å². The van der Waals surface area contributed by atoms with Gasteiger partial charge in [0.1, 0.15) is 6.29 Å². The zero-order chi connectivity index (χ0) is 7.28. The summed E-state index contributed by atoms with van der Waals surface area (Å²) in [4.78, 5) is 9.92. The lowest BCUT2D eigenvalue weighted by atomic mass is 10.0. The molecular formula is C7H15NO. The highest BCUT2D eigenvalue weighted by molar-refractivity contribution is 5.50. The molecule has 0 rings (SSSR count). The van der Waals surface area contributed by atoms with Gasteiger partial charge in [-0.05, 0) is 12.3 Å². The van der Waals surface area contributed by atoms with Crippen molar-refractivity contribution in [3.8, 4) is 0 Å². The summed E-state index contributed by atoms with van der Waals surface area (Å²) in [5.74, 6) is 0.597. The largest absolute Gasteiger partial charge is 0.327 e. The molecule has 0 aromatic carbocycles. The van der Waals surface area contributed by atoms with E-state index in [9.17, 15) is 4.79 Å². The number of carbonyl (C=O) groups excluding carboxylic acids is 1. The Morgan fingerprint density at radius 2 is 2.11 bits per heavy atom. The van der Waals surface area contributed by atoms with E-state index in [0.29, 0.717) is 12.3 Å². The standard InChI is InChI=1S/C7H15NO/c1-6(2)5-7(8)3-4-9/h4,6-7H,3,5,8H2,1-2H3/t7-/m1/s1. The maximum Gasteiger partial charge on any atom is 0.121 e. The van der Waals surface area contributed by atoms with Crippen LogP contribution in [0, 0.1) is 5.92 Å². The topological polar surface area (TPSA) is 43.1 Å². The van der Waals surface area contributed by atoms with Gasteiger partial charge in [-0.1, -0.05) is 13.8 Å². The van der Waals surface area contributed by atoms with Crippen molar-refractivity contribution in [1.82, 2.24) is 0 Å². The highest BCUT2D eigenvalue weighted by Gasteiger charge is 2.02. The second-order valence-corrected chi connectivity index (χ2v) is 2.79. The number of aldehydes is 1. The van der Waals surface area contributed by atoms with Gasteiger partial charge in [-0.15, -0.1) is 0 Å². The highest BCUT2D eigenvalue weighted by Crippen LogP contribution is 2.03. The van der Waals surface area contributed by atoms with Crippen LogP contribution in [0.15, 0.2) is 0 Å². The van der Waals surface area contributed by atoms with E-state index >= 15 is 0 Å². The van der Waals surface area contributed by atoms with Crippen LogP contribution in [0.5, 0.6) is 0 Å². The summed E-state index contributed by atoms with van der Waals surface area (Å²) >= 11 is 0. The fraction of sp³-hybridized carbons (Fsp3) is 0.857.